The maximum Gasteiger partial charge on any atom is 0.341 e. The van der Waals surface area contributed by atoms with E-state index in [2.05, 4.69) is 5.32 Å². The maximum absolute atomic E-state index is 11.9. The van der Waals surface area contributed by atoms with Crippen molar-refractivity contribution in [2.24, 2.45) is 0 Å². The molecule has 1 aromatic rings. The smallest absolute Gasteiger partial charge is 0.341 e. The molecule has 21 heavy (non-hydrogen) atoms. The molecule has 1 saturated carbocycles. The fraction of sp³-hybridized carbons (Fsp3) is 0.500. The van der Waals surface area contributed by atoms with E-state index in [0.29, 0.717) is 11.3 Å². The molecule has 1 aliphatic carbocycles. The van der Waals surface area contributed by atoms with Crippen LogP contribution in [-0.2, 0) is 9.53 Å². The van der Waals surface area contributed by atoms with E-state index in [1.165, 1.54) is 7.11 Å². The summed E-state index contributed by atoms with van der Waals surface area (Å²) in [6.07, 6.45) is 4.39. The minimum absolute atomic E-state index is 0.0933. The van der Waals surface area contributed by atoms with Gasteiger partial charge < -0.3 is 14.8 Å². The Labute approximate surface area is 124 Å². The predicted octanol–water partition coefficient (Wildman–Crippen LogP) is 2.22. The second kappa shape index (κ2) is 7.11. The highest BCUT2D eigenvalue weighted by molar-refractivity contribution is 5.92. The number of hydrogen-bond donors (Lipinski definition) is 1. The van der Waals surface area contributed by atoms with Gasteiger partial charge in [0, 0.05) is 6.04 Å². The SMILES string of the molecule is COC(=O)c1ccc(C)cc1OCC(=O)NC1CCCC1. The van der Waals surface area contributed by atoms with Crippen LogP contribution in [0.3, 0.4) is 0 Å². The van der Waals surface area contributed by atoms with Crippen molar-refractivity contribution in [1.29, 1.82) is 0 Å². The molecule has 0 aliphatic heterocycles. The van der Waals surface area contributed by atoms with E-state index in [4.69, 9.17) is 9.47 Å². The largest absolute Gasteiger partial charge is 0.483 e. The van der Waals surface area contributed by atoms with E-state index in [-0.39, 0.29) is 18.6 Å². The summed E-state index contributed by atoms with van der Waals surface area (Å²) >= 11 is 0. The third-order valence-corrected chi connectivity index (χ3v) is 3.62. The van der Waals surface area contributed by atoms with Crippen molar-refractivity contribution in [2.75, 3.05) is 13.7 Å². The summed E-state index contributed by atoms with van der Waals surface area (Å²) in [6.45, 7) is 1.80. The maximum atomic E-state index is 11.9. The number of nitrogens with one attached hydrogen (secondary N) is 1. The van der Waals surface area contributed by atoms with Gasteiger partial charge in [-0.2, -0.15) is 0 Å². The number of carbonyl (C=O) groups excluding carboxylic acids is 2. The Balaban J connectivity index is 1.96. The number of carbonyl (C=O) groups is 2. The Kier molecular flexibility index (Phi) is 5.20. The monoisotopic (exact) mass is 291 g/mol. The molecule has 0 atom stereocenters. The van der Waals surface area contributed by atoms with E-state index in [9.17, 15) is 9.59 Å². The van der Waals surface area contributed by atoms with Crippen LogP contribution < -0.4 is 10.1 Å². The number of ether oxygens (including phenoxy) is 2. The summed E-state index contributed by atoms with van der Waals surface area (Å²) in [6, 6.07) is 5.44. The van der Waals surface area contributed by atoms with Gasteiger partial charge in [-0.05, 0) is 37.5 Å². The number of aryl methyl sites for hydroxylation is 1. The van der Waals surface area contributed by atoms with E-state index in [1.807, 2.05) is 6.92 Å². The average Bonchev–Trinajstić information content (AvgIpc) is 2.97. The van der Waals surface area contributed by atoms with E-state index >= 15 is 0 Å². The topological polar surface area (TPSA) is 64.6 Å². The summed E-state index contributed by atoms with van der Waals surface area (Å²) in [7, 11) is 1.32. The van der Waals surface area contributed by atoms with Crippen molar-refractivity contribution in [2.45, 2.75) is 38.6 Å². The Morgan fingerprint density at radius 1 is 1.29 bits per heavy atom. The van der Waals surface area contributed by atoms with Crippen LogP contribution in [0.5, 0.6) is 5.75 Å². The quantitative estimate of drug-likeness (QED) is 0.845. The van der Waals surface area contributed by atoms with Crippen molar-refractivity contribution in [1.82, 2.24) is 5.32 Å². The first-order valence-electron chi connectivity index (χ1n) is 7.21. The lowest BCUT2D eigenvalue weighted by molar-refractivity contribution is -0.123. The van der Waals surface area contributed by atoms with Crippen LogP contribution >= 0.6 is 0 Å². The van der Waals surface area contributed by atoms with Gasteiger partial charge in [0.05, 0.1) is 7.11 Å². The first-order valence-corrected chi connectivity index (χ1v) is 7.21. The lowest BCUT2D eigenvalue weighted by atomic mass is 10.1. The minimum atomic E-state index is -0.471. The van der Waals surface area contributed by atoms with Gasteiger partial charge in [0.1, 0.15) is 11.3 Å². The minimum Gasteiger partial charge on any atom is -0.483 e. The van der Waals surface area contributed by atoms with Gasteiger partial charge in [0.25, 0.3) is 5.91 Å². The van der Waals surface area contributed by atoms with E-state index in [0.717, 1.165) is 31.2 Å². The molecule has 5 nitrogen and oxygen atoms in total. The third-order valence-electron chi connectivity index (χ3n) is 3.62. The standard InChI is InChI=1S/C16H21NO4/c1-11-7-8-13(16(19)20-2)14(9-11)21-10-15(18)17-12-5-3-4-6-12/h7-9,12H,3-6,10H2,1-2H3,(H,17,18). The van der Waals surface area contributed by atoms with Crippen molar-refractivity contribution in [3.63, 3.8) is 0 Å². The molecule has 0 bridgehead atoms. The summed E-state index contributed by atoms with van der Waals surface area (Å²) in [5, 5.41) is 2.95. The van der Waals surface area contributed by atoms with Crippen LogP contribution in [0.1, 0.15) is 41.6 Å². The van der Waals surface area contributed by atoms with Crippen LogP contribution in [0.4, 0.5) is 0 Å². The second-order valence-electron chi connectivity index (χ2n) is 5.33. The fourth-order valence-electron chi connectivity index (χ4n) is 2.51. The highest BCUT2D eigenvalue weighted by Crippen LogP contribution is 2.21. The zero-order valence-corrected chi connectivity index (χ0v) is 12.5. The number of amides is 1. The summed E-state index contributed by atoms with van der Waals surface area (Å²) in [5.74, 6) is -0.246. The molecule has 1 amide bonds. The van der Waals surface area contributed by atoms with Gasteiger partial charge >= 0.3 is 5.97 Å². The zero-order chi connectivity index (χ0) is 15.2. The number of methoxy groups -OCH3 is 1. The summed E-state index contributed by atoms with van der Waals surface area (Å²) < 4.78 is 10.2. The third kappa shape index (κ3) is 4.21. The number of rotatable bonds is 5. The van der Waals surface area contributed by atoms with Gasteiger partial charge in [-0.3, -0.25) is 4.79 Å². The first-order chi connectivity index (χ1) is 10.1. The molecule has 0 saturated heterocycles. The van der Waals surface area contributed by atoms with E-state index < -0.39 is 5.97 Å². The van der Waals surface area contributed by atoms with Crippen molar-refractivity contribution in [3.8, 4) is 5.75 Å². The molecule has 1 aromatic carbocycles. The van der Waals surface area contributed by atoms with Crippen molar-refractivity contribution in [3.05, 3.63) is 29.3 Å². The van der Waals surface area contributed by atoms with Crippen LogP contribution in [-0.4, -0.2) is 31.6 Å². The van der Waals surface area contributed by atoms with Crippen LogP contribution in [0.25, 0.3) is 0 Å². The van der Waals surface area contributed by atoms with Gasteiger partial charge in [0.2, 0.25) is 0 Å². The Morgan fingerprint density at radius 2 is 2.00 bits per heavy atom. The molecule has 114 valence electrons. The number of esters is 1. The Hall–Kier alpha value is -2.04. The van der Waals surface area contributed by atoms with E-state index in [1.54, 1.807) is 18.2 Å². The lowest BCUT2D eigenvalue weighted by Crippen LogP contribution is -2.36. The highest BCUT2D eigenvalue weighted by atomic mass is 16.5. The average molecular weight is 291 g/mol. The van der Waals surface area contributed by atoms with Crippen LogP contribution in [0, 0.1) is 6.92 Å². The second-order valence-corrected chi connectivity index (χ2v) is 5.33. The molecule has 1 aliphatic rings. The molecular formula is C16H21NO4. The molecular weight excluding hydrogens is 270 g/mol. The van der Waals surface area contributed by atoms with Gasteiger partial charge in [-0.25, -0.2) is 4.79 Å². The van der Waals surface area contributed by atoms with Gasteiger partial charge in [-0.15, -0.1) is 0 Å². The number of benzene rings is 1. The van der Waals surface area contributed by atoms with Gasteiger partial charge in [-0.1, -0.05) is 18.9 Å². The zero-order valence-electron chi connectivity index (χ0n) is 12.5. The summed E-state index contributed by atoms with van der Waals surface area (Å²) in [5.41, 5.74) is 1.28. The normalized spacial score (nSPS) is 14.8. The fourth-order valence-corrected chi connectivity index (χ4v) is 2.51. The predicted molar refractivity (Wildman–Crippen MR) is 78.4 cm³/mol. The molecule has 5 heteroatoms. The molecule has 0 aromatic heterocycles. The molecule has 2 rings (SSSR count). The highest BCUT2D eigenvalue weighted by Gasteiger charge is 2.18. The van der Waals surface area contributed by atoms with Gasteiger partial charge in [0.15, 0.2) is 6.61 Å². The summed E-state index contributed by atoms with van der Waals surface area (Å²) in [4.78, 5) is 23.5. The molecule has 1 N–H and O–H groups in total. The van der Waals surface area contributed by atoms with Crippen molar-refractivity contribution < 1.29 is 19.1 Å². The first kappa shape index (κ1) is 15.4. The molecule has 0 spiro atoms. The molecule has 0 heterocycles. The van der Waals surface area contributed by atoms with Crippen molar-refractivity contribution >= 4 is 11.9 Å². The lowest BCUT2D eigenvalue weighted by Gasteiger charge is -2.14. The Morgan fingerprint density at radius 3 is 2.67 bits per heavy atom. The molecule has 0 unspecified atom stereocenters. The Bertz CT molecular complexity index is 521. The van der Waals surface area contributed by atoms with Crippen LogP contribution in [0.2, 0.25) is 0 Å². The number of hydrogen-bond acceptors (Lipinski definition) is 4. The van der Waals surface area contributed by atoms with Crippen LogP contribution in [0.15, 0.2) is 18.2 Å². The molecule has 0 radical (unpaired) electrons. The molecule has 1 fully saturated rings.